The predicted molar refractivity (Wildman–Crippen MR) is 68.7 cm³/mol. The molecule has 1 aromatic heterocycles. The van der Waals surface area contributed by atoms with Gasteiger partial charge in [-0.3, -0.25) is 0 Å². The van der Waals surface area contributed by atoms with Crippen LogP contribution in [0.3, 0.4) is 0 Å². The monoisotopic (exact) mass is 251 g/mol. The summed E-state index contributed by atoms with van der Waals surface area (Å²) in [5.41, 5.74) is 1.22. The standard InChI is InChI=1S/C12H17N3OS/c1-8-13-10-4-7-17-11(10)12(14-8)15-9-2-5-16-6-3-9/h9H,2-7H2,1H3,(H,13,14,15). The van der Waals surface area contributed by atoms with Crippen LogP contribution in [0, 0.1) is 6.92 Å². The summed E-state index contributed by atoms with van der Waals surface area (Å²) in [7, 11) is 0. The largest absolute Gasteiger partial charge is 0.381 e. The maximum atomic E-state index is 5.38. The lowest BCUT2D eigenvalue weighted by molar-refractivity contribution is 0.0903. The van der Waals surface area contributed by atoms with Gasteiger partial charge in [0.1, 0.15) is 11.6 Å². The van der Waals surface area contributed by atoms with Gasteiger partial charge < -0.3 is 10.1 Å². The summed E-state index contributed by atoms with van der Waals surface area (Å²) < 4.78 is 5.38. The Morgan fingerprint density at radius 1 is 1.29 bits per heavy atom. The zero-order valence-corrected chi connectivity index (χ0v) is 10.8. The van der Waals surface area contributed by atoms with Crippen LogP contribution in [0.15, 0.2) is 4.90 Å². The number of aromatic nitrogens is 2. The third-order valence-electron chi connectivity index (χ3n) is 3.19. The number of fused-ring (bicyclic) bond motifs is 1. The minimum absolute atomic E-state index is 0.503. The van der Waals surface area contributed by atoms with E-state index in [0.29, 0.717) is 6.04 Å². The second kappa shape index (κ2) is 4.82. The fraction of sp³-hybridized carbons (Fsp3) is 0.667. The van der Waals surface area contributed by atoms with E-state index in [1.807, 2.05) is 18.7 Å². The first-order valence-corrected chi connectivity index (χ1v) is 7.16. The van der Waals surface area contributed by atoms with Crippen LogP contribution in [-0.4, -0.2) is 35.0 Å². The average Bonchev–Trinajstić information content (AvgIpc) is 2.78. The maximum Gasteiger partial charge on any atom is 0.143 e. The summed E-state index contributed by atoms with van der Waals surface area (Å²) >= 11 is 1.87. The zero-order valence-electron chi connectivity index (χ0n) is 10.0. The van der Waals surface area contributed by atoms with Gasteiger partial charge in [0, 0.05) is 31.4 Å². The van der Waals surface area contributed by atoms with Gasteiger partial charge in [0.05, 0.1) is 10.6 Å². The molecule has 0 bridgehead atoms. The molecule has 0 saturated carbocycles. The van der Waals surface area contributed by atoms with E-state index in [9.17, 15) is 0 Å². The molecule has 1 saturated heterocycles. The van der Waals surface area contributed by atoms with Gasteiger partial charge in [0.15, 0.2) is 0 Å². The summed E-state index contributed by atoms with van der Waals surface area (Å²) in [6, 6.07) is 0.503. The Labute approximate surface area is 106 Å². The molecule has 17 heavy (non-hydrogen) atoms. The van der Waals surface area contributed by atoms with Gasteiger partial charge in [0.25, 0.3) is 0 Å². The van der Waals surface area contributed by atoms with Gasteiger partial charge in [-0.25, -0.2) is 9.97 Å². The molecular weight excluding hydrogens is 234 g/mol. The summed E-state index contributed by atoms with van der Waals surface area (Å²) in [5, 5.41) is 3.57. The molecule has 0 atom stereocenters. The van der Waals surface area contributed by atoms with Crippen molar-refractivity contribution in [1.29, 1.82) is 0 Å². The van der Waals surface area contributed by atoms with E-state index in [1.54, 1.807) is 0 Å². The Hall–Kier alpha value is -0.810. The molecule has 3 rings (SSSR count). The normalized spacial score (nSPS) is 20.3. The molecular formula is C12H17N3OS. The summed E-state index contributed by atoms with van der Waals surface area (Å²) in [6.45, 7) is 3.69. The highest BCUT2D eigenvalue weighted by molar-refractivity contribution is 7.99. The minimum atomic E-state index is 0.503. The van der Waals surface area contributed by atoms with Gasteiger partial charge in [-0.2, -0.15) is 0 Å². The Morgan fingerprint density at radius 2 is 2.12 bits per heavy atom. The molecule has 2 aliphatic heterocycles. The molecule has 0 amide bonds. The predicted octanol–water partition coefficient (Wildman–Crippen LogP) is 2.02. The summed E-state index contributed by atoms with van der Waals surface area (Å²) in [5.74, 6) is 3.05. The van der Waals surface area contributed by atoms with Crippen molar-refractivity contribution in [3.05, 3.63) is 11.5 Å². The van der Waals surface area contributed by atoms with Crippen LogP contribution in [0.1, 0.15) is 24.4 Å². The van der Waals surface area contributed by atoms with Crippen LogP contribution in [0.5, 0.6) is 0 Å². The van der Waals surface area contributed by atoms with E-state index in [4.69, 9.17) is 4.74 Å². The van der Waals surface area contributed by atoms with Crippen LogP contribution in [0.25, 0.3) is 0 Å². The smallest absolute Gasteiger partial charge is 0.143 e. The number of hydrogen-bond donors (Lipinski definition) is 1. The highest BCUT2D eigenvalue weighted by Crippen LogP contribution is 2.35. The van der Waals surface area contributed by atoms with Crippen molar-refractivity contribution in [2.75, 3.05) is 24.3 Å². The molecule has 5 heteroatoms. The first kappa shape index (κ1) is 11.3. The molecule has 2 aliphatic rings. The number of hydrogen-bond acceptors (Lipinski definition) is 5. The molecule has 0 unspecified atom stereocenters. The van der Waals surface area contributed by atoms with Crippen molar-refractivity contribution in [1.82, 2.24) is 9.97 Å². The maximum absolute atomic E-state index is 5.38. The van der Waals surface area contributed by atoms with Crippen LogP contribution in [0.4, 0.5) is 5.82 Å². The molecule has 1 fully saturated rings. The van der Waals surface area contributed by atoms with Gasteiger partial charge in [0.2, 0.25) is 0 Å². The van der Waals surface area contributed by atoms with E-state index in [1.165, 1.54) is 10.6 Å². The van der Waals surface area contributed by atoms with E-state index in [0.717, 1.165) is 49.9 Å². The lowest BCUT2D eigenvalue weighted by Gasteiger charge is -2.24. The number of nitrogens with one attached hydrogen (secondary N) is 1. The van der Waals surface area contributed by atoms with Crippen molar-refractivity contribution in [2.24, 2.45) is 0 Å². The quantitative estimate of drug-likeness (QED) is 0.871. The second-order valence-electron chi connectivity index (χ2n) is 4.52. The van der Waals surface area contributed by atoms with Crippen LogP contribution < -0.4 is 5.32 Å². The van der Waals surface area contributed by atoms with E-state index < -0.39 is 0 Å². The number of aryl methyl sites for hydroxylation is 2. The second-order valence-corrected chi connectivity index (χ2v) is 5.63. The Morgan fingerprint density at radius 3 is 2.94 bits per heavy atom. The third-order valence-corrected chi connectivity index (χ3v) is 4.32. The number of rotatable bonds is 2. The molecule has 0 spiro atoms. The van der Waals surface area contributed by atoms with Crippen molar-refractivity contribution < 1.29 is 4.74 Å². The Balaban J connectivity index is 1.82. The first-order chi connectivity index (χ1) is 8.33. The highest BCUT2D eigenvalue weighted by atomic mass is 32.2. The number of nitrogens with zero attached hydrogens (tertiary/aromatic N) is 2. The molecule has 0 radical (unpaired) electrons. The SMILES string of the molecule is Cc1nc2c(c(NC3CCOCC3)n1)SCC2. The van der Waals surface area contributed by atoms with Gasteiger partial charge in [-0.1, -0.05) is 0 Å². The van der Waals surface area contributed by atoms with Gasteiger partial charge in [-0.15, -0.1) is 11.8 Å². The van der Waals surface area contributed by atoms with Crippen LogP contribution >= 0.6 is 11.8 Å². The molecule has 0 aliphatic carbocycles. The van der Waals surface area contributed by atoms with Gasteiger partial charge in [-0.05, 0) is 19.8 Å². The molecule has 0 aromatic carbocycles. The van der Waals surface area contributed by atoms with E-state index in [2.05, 4.69) is 15.3 Å². The molecule has 4 nitrogen and oxygen atoms in total. The van der Waals surface area contributed by atoms with Crippen molar-refractivity contribution in [2.45, 2.75) is 37.1 Å². The number of thioether (sulfide) groups is 1. The Bertz CT molecular complexity index is 418. The minimum Gasteiger partial charge on any atom is -0.381 e. The fourth-order valence-electron chi connectivity index (χ4n) is 2.32. The van der Waals surface area contributed by atoms with E-state index >= 15 is 0 Å². The molecule has 1 N–H and O–H groups in total. The number of ether oxygens (including phenoxy) is 1. The third kappa shape index (κ3) is 2.40. The van der Waals surface area contributed by atoms with Crippen molar-refractivity contribution in [3.63, 3.8) is 0 Å². The first-order valence-electron chi connectivity index (χ1n) is 6.17. The zero-order chi connectivity index (χ0) is 11.7. The van der Waals surface area contributed by atoms with Crippen LogP contribution in [0.2, 0.25) is 0 Å². The number of anilines is 1. The lowest BCUT2D eigenvalue weighted by Crippen LogP contribution is -2.28. The highest BCUT2D eigenvalue weighted by Gasteiger charge is 2.22. The van der Waals surface area contributed by atoms with Gasteiger partial charge >= 0.3 is 0 Å². The summed E-state index contributed by atoms with van der Waals surface area (Å²) in [6.07, 6.45) is 3.22. The fourth-order valence-corrected chi connectivity index (χ4v) is 3.38. The van der Waals surface area contributed by atoms with E-state index in [-0.39, 0.29) is 0 Å². The average molecular weight is 251 g/mol. The van der Waals surface area contributed by atoms with Crippen molar-refractivity contribution >= 4 is 17.6 Å². The topological polar surface area (TPSA) is 47.0 Å². The molecule has 1 aromatic rings. The van der Waals surface area contributed by atoms with Crippen LogP contribution in [-0.2, 0) is 11.2 Å². The lowest BCUT2D eigenvalue weighted by atomic mass is 10.1. The Kier molecular flexibility index (Phi) is 3.20. The van der Waals surface area contributed by atoms with Crippen molar-refractivity contribution in [3.8, 4) is 0 Å². The molecule has 3 heterocycles. The summed E-state index contributed by atoms with van der Waals surface area (Å²) in [4.78, 5) is 10.3. The molecule has 92 valence electrons.